The second kappa shape index (κ2) is 6.81. The summed E-state index contributed by atoms with van der Waals surface area (Å²) in [6.07, 6.45) is 0. The molecular formula is C16H19NO2. The van der Waals surface area contributed by atoms with Gasteiger partial charge in [0.15, 0.2) is 0 Å². The Labute approximate surface area is 113 Å². The topological polar surface area (TPSA) is 41.5 Å². The standard InChI is InChI=1S/C16H19NO2/c1-2-19-16-6-4-3-5-14(16)11-17-15-9-7-13(12-18)8-10-15/h3-10,17-18H,2,11-12H2,1H3. The van der Waals surface area contributed by atoms with E-state index in [4.69, 9.17) is 9.84 Å². The fraction of sp³-hybridized carbons (Fsp3) is 0.250. The van der Waals surface area contributed by atoms with E-state index in [9.17, 15) is 0 Å². The highest BCUT2D eigenvalue weighted by Crippen LogP contribution is 2.19. The molecule has 0 spiro atoms. The van der Waals surface area contributed by atoms with Crippen molar-refractivity contribution in [2.24, 2.45) is 0 Å². The van der Waals surface area contributed by atoms with Crippen molar-refractivity contribution < 1.29 is 9.84 Å². The Morgan fingerprint density at radius 1 is 1.05 bits per heavy atom. The number of aliphatic hydroxyl groups is 1. The van der Waals surface area contributed by atoms with Gasteiger partial charge >= 0.3 is 0 Å². The van der Waals surface area contributed by atoms with Crippen molar-refractivity contribution in [1.29, 1.82) is 0 Å². The van der Waals surface area contributed by atoms with Gasteiger partial charge in [0, 0.05) is 17.8 Å². The summed E-state index contributed by atoms with van der Waals surface area (Å²) >= 11 is 0. The first-order chi connectivity index (χ1) is 9.33. The highest BCUT2D eigenvalue weighted by molar-refractivity contribution is 5.46. The number of ether oxygens (including phenoxy) is 1. The number of nitrogens with one attached hydrogen (secondary N) is 1. The molecule has 2 aromatic rings. The molecule has 0 aromatic heterocycles. The van der Waals surface area contributed by atoms with Gasteiger partial charge in [0.05, 0.1) is 13.2 Å². The zero-order valence-electron chi connectivity index (χ0n) is 11.1. The molecule has 3 nitrogen and oxygen atoms in total. The first-order valence-corrected chi connectivity index (χ1v) is 6.48. The van der Waals surface area contributed by atoms with Gasteiger partial charge in [-0.25, -0.2) is 0 Å². The van der Waals surface area contributed by atoms with E-state index in [1.165, 1.54) is 0 Å². The van der Waals surface area contributed by atoms with Gasteiger partial charge in [0.25, 0.3) is 0 Å². The number of benzene rings is 2. The van der Waals surface area contributed by atoms with E-state index in [1.54, 1.807) is 0 Å². The maximum atomic E-state index is 8.99. The van der Waals surface area contributed by atoms with Gasteiger partial charge in [0.2, 0.25) is 0 Å². The summed E-state index contributed by atoms with van der Waals surface area (Å²) in [4.78, 5) is 0. The fourth-order valence-electron chi connectivity index (χ4n) is 1.87. The van der Waals surface area contributed by atoms with Crippen molar-refractivity contribution in [3.63, 3.8) is 0 Å². The Hall–Kier alpha value is -2.00. The lowest BCUT2D eigenvalue weighted by Gasteiger charge is -2.11. The predicted octanol–water partition coefficient (Wildman–Crippen LogP) is 3.19. The van der Waals surface area contributed by atoms with Crippen LogP contribution in [0, 0.1) is 0 Å². The van der Waals surface area contributed by atoms with Gasteiger partial charge in [0.1, 0.15) is 5.75 Å². The summed E-state index contributed by atoms with van der Waals surface area (Å²) in [5.41, 5.74) is 3.08. The van der Waals surface area contributed by atoms with Gasteiger partial charge in [-0.1, -0.05) is 30.3 Å². The SMILES string of the molecule is CCOc1ccccc1CNc1ccc(CO)cc1. The van der Waals surface area contributed by atoms with Crippen LogP contribution in [0.3, 0.4) is 0 Å². The third-order valence-electron chi connectivity index (χ3n) is 2.89. The first kappa shape index (κ1) is 13.4. The number of aliphatic hydroxyl groups excluding tert-OH is 1. The smallest absolute Gasteiger partial charge is 0.124 e. The zero-order chi connectivity index (χ0) is 13.5. The van der Waals surface area contributed by atoms with E-state index in [0.29, 0.717) is 13.2 Å². The van der Waals surface area contributed by atoms with Crippen LogP contribution in [-0.2, 0) is 13.2 Å². The van der Waals surface area contributed by atoms with Crippen molar-refractivity contribution in [1.82, 2.24) is 0 Å². The minimum Gasteiger partial charge on any atom is -0.494 e. The monoisotopic (exact) mass is 257 g/mol. The summed E-state index contributed by atoms with van der Waals surface area (Å²) in [5, 5.41) is 12.3. The lowest BCUT2D eigenvalue weighted by molar-refractivity contribution is 0.282. The van der Waals surface area contributed by atoms with Crippen LogP contribution in [0.5, 0.6) is 5.75 Å². The molecule has 100 valence electrons. The number of hydrogen-bond donors (Lipinski definition) is 2. The molecule has 0 saturated heterocycles. The Bertz CT molecular complexity index is 508. The van der Waals surface area contributed by atoms with Gasteiger partial charge in [-0.2, -0.15) is 0 Å². The molecule has 0 aliphatic carbocycles. The Morgan fingerprint density at radius 3 is 2.47 bits per heavy atom. The molecule has 0 atom stereocenters. The third-order valence-corrected chi connectivity index (χ3v) is 2.89. The molecule has 0 aliphatic heterocycles. The highest BCUT2D eigenvalue weighted by Gasteiger charge is 2.02. The first-order valence-electron chi connectivity index (χ1n) is 6.48. The Kier molecular flexibility index (Phi) is 4.81. The average molecular weight is 257 g/mol. The fourth-order valence-corrected chi connectivity index (χ4v) is 1.87. The van der Waals surface area contributed by atoms with E-state index >= 15 is 0 Å². The van der Waals surface area contributed by atoms with Crippen LogP contribution in [0.4, 0.5) is 5.69 Å². The van der Waals surface area contributed by atoms with Crippen LogP contribution < -0.4 is 10.1 Å². The van der Waals surface area contributed by atoms with Crippen molar-refractivity contribution in [2.45, 2.75) is 20.1 Å². The quantitative estimate of drug-likeness (QED) is 0.835. The normalized spacial score (nSPS) is 10.2. The van der Waals surface area contributed by atoms with E-state index in [0.717, 1.165) is 22.6 Å². The van der Waals surface area contributed by atoms with Crippen molar-refractivity contribution in [3.8, 4) is 5.75 Å². The number of anilines is 1. The molecule has 0 saturated carbocycles. The van der Waals surface area contributed by atoms with E-state index in [2.05, 4.69) is 11.4 Å². The minimum absolute atomic E-state index is 0.0768. The molecule has 0 radical (unpaired) electrons. The Morgan fingerprint density at radius 2 is 1.79 bits per heavy atom. The van der Waals surface area contributed by atoms with E-state index in [1.807, 2.05) is 49.4 Å². The highest BCUT2D eigenvalue weighted by atomic mass is 16.5. The average Bonchev–Trinajstić information content (AvgIpc) is 2.47. The molecular weight excluding hydrogens is 238 g/mol. The lowest BCUT2D eigenvalue weighted by atomic mass is 10.2. The van der Waals surface area contributed by atoms with Crippen LogP contribution in [-0.4, -0.2) is 11.7 Å². The van der Waals surface area contributed by atoms with Gasteiger partial charge in [-0.15, -0.1) is 0 Å². The summed E-state index contributed by atoms with van der Waals surface area (Å²) < 4.78 is 5.59. The molecule has 2 aromatic carbocycles. The maximum absolute atomic E-state index is 8.99. The van der Waals surface area contributed by atoms with E-state index in [-0.39, 0.29) is 6.61 Å². The van der Waals surface area contributed by atoms with Crippen molar-refractivity contribution >= 4 is 5.69 Å². The number of rotatable bonds is 6. The van der Waals surface area contributed by atoms with Crippen molar-refractivity contribution in [3.05, 3.63) is 59.7 Å². The second-order valence-corrected chi connectivity index (χ2v) is 4.25. The van der Waals surface area contributed by atoms with Gasteiger partial charge in [-0.3, -0.25) is 0 Å². The molecule has 0 amide bonds. The van der Waals surface area contributed by atoms with Crippen LogP contribution in [0.2, 0.25) is 0 Å². The summed E-state index contributed by atoms with van der Waals surface area (Å²) in [7, 11) is 0. The van der Waals surface area contributed by atoms with Gasteiger partial charge in [-0.05, 0) is 30.7 Å². The maximum Gasteiger partial charge on any atom is 0.124 e. The molecule has 3 heteroatoms. The molecule has 0 heterocycles. The van der Waals surface area contributed by atoms with E-state index < -0.39 is 0 Å². The van der Waals surface area contributed by atoms with Crippen LogP contribution in [0.15, 0.2) is 48.5 Å². The molecule has 19 heavy (non-hydrogen) atoms. The van der Waals surface area contributed by atoms with Gasteiger partial charge < -0.3 is 15.2 Å². The Balaban J connectivity index is 2.01. The van der Waals surface area contributed by atoms with Crippen LogP contribution in [0.25, 0.3) is 0 Å². The molecule has 2 N–H and O–H groups in total. The van der Waals surface area contributed by atoms with Crippen LogP contribution >= 0.6 is 0 Å². The zero-order valence-corrected chi connectivity index (χ0v) is 11.1. The summed E-state index contributed by atoms with van der Waals surface area (Å²) in [6, 6.07) is 15.8. The number of para-hydroxylation sites is 1. The largest absolute Gasteiger partial charge is 0.494 e. The second-order valence-electron chi connectivity index (χ2n) is 4.25. The van der Waals surface area contributed by atoms with Crippen LogP contribution in [0.1, 0.15) is 18.1 Å². The molecule has 2 rings (SSSR count). The molecule has 0 aliphatic rings. The predicted molar refractivity (Wildman–Crippen MR) is 77.3 cm³/mol. The lowest BCUT2D eigenvalue weighted by Crippen LogP contribution is -2.03. The summed E-state index contributed by atoms with van der Waals surface area (Å²) in [5.74, 6) is 0.921. The minimum atomic E-state index is 0.0768. The third kappa shape index (κ3) is 3.73. The number of hydrogen-bond acceptors (Lipinski definition) is 3. The molecule has 0 fully saturated rings. The molecule has 0 unspecified atom stereocenters. The van der Waals surface area contributed by atoms with Crippen molar-refractivity contribution in [2.75, 3.05) is 11.9 Å². The summed E-state index contributed by atoms with van der Waals surface area (Å²) in [6.45, 7) is 3.45. The molecule has 0 bridgehead atoms.